The van der Waals surface area contributed by atoms with Gasteiger partial charge in [0.1, 0.15) is 5.75 Å². The summed E-state index contributed by atoms with van der Waals surface area (Å²) in [4.78, 5) is 18.9. The smallest absolute Gasteiger partial charge is 0.260 e. The molecule has 1 aliphatic heterocycles. The summed E-state index contributed by atoms with van der Waals surface area (Å²) in [5, 5.41) is 3.94. The Morgan fingerprint density at radius 2 is 2.26 bits per heavy atom. The number of amides is 1. The number of thiophene rings is 1. The maximum atomic E-state index is 12.7. The molecule has 0 bridgehead atoms. The largest absolute Gasteiger partial charge is 0.483 e. The van der Waals surface area contributed by atoms with E-state index in [0.717, 1.165) is 25.3 Å². The minimum Gasteiger partial charge on any atom is -0.483 e. The zero-order valence-corrected chi connectivity index (χ0v) is 17.5. The summed E-state index contributed by atoms with van der Waals surface area (Å²) in [5.41, 5.74) is 0.979. The maximum Gasteiger partial charge on any atom is 0.260 e. The van der Waals surface area contributed by atoms with Crippen LogP contribution < -0.4 is 4.74 Å². The number of ether oxygens (including phenoxy) is 1. The predicted octanol–water partition coefficient (Wildman–Crippen LogP) is 3.23. The molecule has 1 amide bonds. The summed E-state index contributed by atoms with van der Waals surface area (Å²) >= 11 is 3.21. The summed E-state index contributed by atoms with van der Waals surface area (Å²) in [5.74, 6) is 0.696. The first kappa shape index (κ1) is 18.6. The molecule has 1 unspecified atom stereocenters. The van der Waals surface area contributed by atoms with Gasteiger partial charge in [-0.1, -0.05) is 0 Å². The molecule has 0 spiro atoms. The van der Waals surface area contributed by atoms with Crippen LogP contribution in [0, 0.1) is 6.92 Å². The molecule has 3 heterocycles. The van der Waals surface area contributed by atoms with Crippen LogP contribution in [0.4, 0.5) is 0 Å². The molecule has 1 atom stereocenters. The number of rotatable bonds is 5. The molecule has 9 heteroatoms. The highest BCUT2D eigenvalue weighted by atomic mass is 32.2. The zero-order chi connectivity index (χ0) is 19.2. The molecule has 0 saturated carbocycles. The van der Waals surface area contributed by atoms with Gasteiger partial charge in [0.05, 0.1) is 31.4 Å². The van der Waals surface area contributed by atoms with Gasteiger partial charge in [0, 0.05) is 24.0 Å². The number of aromatic nitrogens is 1. The first-order chi connectivity index (χ1) is 12.9. The number of carbonyl (C=O) groups is 1. The van der Waals surface area contributed by atoms with Crippen LogP contribution in [0.2, 0.25) is 0 Å². The van der Waals surface area contributed by atoms with Crippen molar-refractivity contribution in [2.45, 2.75) is 26.3 Å². The van der Waals surface area contributed by atoms with Crippen LogP contribution in [0.15, 0.2) is 17.5 Å². The van der Waals surface area contributed by atoms with Crippen LogP contribution in [0.25, 0.3) is 20.3 Å². The monoisotopic (exact) mass is 424 g/mol. The Hall–Kier alpha value is -1.71. The van der Waals surface area contributed by atoms with Crippen LogP contribution in [-0.2, 0) is 14.6 Å². The molecule has 1 saturated heterocycles. The maximum absolute atomic E-state index is 12.7. The van der Waals surface area contributed by atoms with Crippen LogP contribution >= 0.6 is 22.7 Å². The zero-order valence-electron chi connectivity index (χ0n) is 15.1. The minimum atomic E-state index is -3.03. The van der Waals surface area contributed by atoms with E-state index in [0.29, 0.717) is 18.7 Å². The molecule has 0 N–H and O–H groups in total. The number of sulfone groups is 1. The quantitative estimate of drug-likeness (QED) is 0.628. The average molecular weight is 425 g/mol. The second-order valence-corrected chi connectivity index (χ2v) is 11.0. The average Bonchev–Trinajstić information content (AvgIpc) is 3.30. The SMILES string of the molecule is CCN(C(=O)COc1cc2sc(C)nc2c2sccc12)C1CCS(=O)(=O)C1. The van der Waals surface area contributed by atoms with Gasteiger partial charge in [-0.2, -0.15) is 0 Å². The third kappa shape index (κ3) is 3.55. The number of hydrogen-bond donors (Lipinski definition) is 0. The Labute approximate surface area is 165 Å². The molecule has 0 aliphatic carbocycles. The number of hydrogen-bond acceptors (Lipinski definition) is 7. The second kappa shape index (κ2) is 7.03. The summed E-state index contributed by atoms with van der Waals surface area (Å²) in [6.45, 7) is 4.22. The van der Waals surface area contributed by atoms with E-state index < -0.39 is 9.84 Å². The first-order valence-electron chi connectivity index (χ1n) is 8.78. The predicted molar refractivity (Wildman–Crippen MR) is 110 cm³/mol. The standard InChI is InChI=1S/C18H20N2O4S3/c1-3-20(12-5-7-27(22,23)10-12)16(21)9-24-14-8-15-17(19-11(2)26-15)18-13(14)4-6-25-18/h4,6,8,12H,3,5,7,9-10H2,1-2H3. The Morgan fingerprint density at radius 3 is 2.96 bits per heavy atom. The van der Waals surface area contributed by atoms with Crippen LogP contribution in [0.5, 0.6) is 5.75 Å². The van der Waals surface area contributed by atoms with E-state index >= 15 is 0 Å². The van der Waals surface area contributed by atoms with Crippen molar-refractivity contribution >= 4 is 58.7 Å². The van der Waals surface area contributed by atoms with Gasteiger partial charge >= 0.3 is 0 Å². The Kier molecular flexibility index (Phi) is 4.85. The fourth-order valence-corrected chi connectivity index (χ4v) is 7.15. The summed E-state index contributed by atoms with van der Waals surface area (Å²) in [6.07, 6.45) is 0.503. The van der Waals surface area contributed by atoms with Crippen LogP contribution in [-0.4, -0.2) is 54.9 Å². The van der Waals surface area contributed by atoms with Gasteiger partial charge in [-0.15, -0.1) is 22.7 Å². The van der Waals surface area contributed by atoms with Crippen molar-refractivity contribution in [3.63, 3.8) is 0 Å². The lowest BCUT2D eigenvalue weighted by molar-refractivity contribution is -0.135. The third-order valence-corrected chi connectivity index (χ3v) is 8.42. The van der Waals surface area contributed by atoms with Gasteiger partial charge in [-0.3, -0.25) is 4.79 Å². The molecule has 6 nitrogen and oxygen atoms in total. The number of thiazole rings is 1. The summed E-state index contributed by atoms with van der Waals surface area (Å²) in [7, 11) is -3.03. The number of carbonyl (C=O) groups excluding carboxylic acids is 1. The minimum absolute atomic E-state index is 0.0491. The first-order valence-corrected chi connectivity index (χ1v) is 12.3. The van der Waals surface area contributed by atoms with Crippen molar-refractivity contribution in [3.8, 4) is 5.75 Å². The van der Waals surface area contributed by atoms with Gasteiger partial charge in [0.15, 0.2) is 16.4 Å². The fourth-order valence-electron chi connectivity index (χ4n) is 3.59. The molecule has 1 aromatic carbocycles. The highest BCUT2D eigenvalue weighted by Gasteiger charge is 2.34. The molecule has 1 aliphatic rings. The van der Waals surface area contributed by atoms with Gasteiger partial charge in [-0.25, -0.2) is 13.4 Å². The van der Waals surface area contributed by atoms with Gasteiger partial charge in [-0.05, 0) is 31.7 Å². The van der Waals surface area contributed by atoms with Crippen molar-refractivity contribution in [2.75, 3.05) is 24.7 Å². The Morgan fingerprint density at radius 1 is 1.44 bits per heavy atom. The molecule has 4 rings (SSSR count). The van der Waals surface area contributed by atoms with E-state index in [1.54, 1.807) is 27.6 Å². The van der Waals surface area contributed by atoms with E-state index in [4.69, 9.17) is 4.74 Å². The number of aryl methyl sites for hydroxylation is 1. The molecule has 0 radical (unpaired) electrons. The van der Waals surface area contributed by atoms with Gasteiger partial charge in [0.25, 0.3) is 5.91 Å². The molecular weight excluding hydrogens is 404 g/mol. The van der Waals surface area contributed by atoms with Crippen molar-refractivity contribution in [1.29, 1.82) is 0 Å². The summed E-state index contributed by atoms with van der Waals surface area (Å²) in [6, 6.07) is 3.68. The highest BCUT2D eigenvalue weighted by Crippen LogP contribution is 2.38. The van der Waals surface area contributed by atoms with E-state index in [-0.39, 0.29) is 30.1 Å². The molecule has 2 aromatic heterocycles. The molecule has 27 heavy (non-hydrogen) atoms. The Bertz CT molecular complexity index is 1120. The molecule has 3 aromatic rings. The normalized spacial score (nSPS) is 19.0. The number of likely N-dealkylation sites (N-methyl/N-ethyl adjacent to an activating group) is 1. The second-order valence-electron chi connectivity index (χ2n) is 6.64. The Balaban J connectivity index is 1.55. The lowest BCUT2D eigenvalue weighted by Gasteiger charge is -2.26. The number of benzene rings is 1. The highest BCUT2D eigenvalue weighted by molar-refractivity contribution is 7.91. The van der Waals surface area contributed by atoms with Gasteiger partial charge < -0.3 is 9.64 Å². The fraction of sp³-hybridized carbons (Fsp3) is 0.444. The molecular formula is C18H20N2O4S3. The van der Waals surface area contributed by atoms with Crippen molar-refractivity contribution in [1.82, 2.24) is 9.88 Å². The third-order valence-electron chi connectivity index (χ3n) is 4.83. The van der Waals surface area contributed by atoms with E-state index in [2.05, 4.69) is 4.98 Å². The van der Waals surface area contributed by atoms with Crippen molar-refractivity contribution in [2.24, 2.45) is 0 Å². The van der Waals surface area contributed by atoms with Crippen molar-refractivity contribution in [3.05, 3.63) is 22.5 Å². The van der Waals surface area contributed by atoms with Crippen LogP contribution in [0.3, 0.4) is 0 Å². The van der Waals surface area contributed by atoms with Crippen molar-refractivity contribution < 1.29 is 17.9 Å². The number of fused-ring (bicyclic) bond motifs is 3. The number of nitrogens with zero attached hydrogens (tertiary/aromatic N) is 2. The van der Waals surface area contributed by atoms with E-state index in [9.17, 15) is 13.2 Å². The lowest BCUT2D eigenvalue weighted by atomic mass is 10.2. The van der Waals surface area contributed by atoms with Gasteiger partial charge in [0.2, 0.25) is 0 Å². The lowest BCUT2D eigenvalue weighted by Crippen LogP contribution is -2.43. The summed E-state index contributed by atoms with van der Waals surface area (Å²) < 4.78 is 31.5. The van der Waals surface area contributed by atoms with E-state index in [1.165, 1.54) is 0 Å². The van der Waals surface area contributed by atoms with Crippen LogP contribution in [0.1, 0.15) is 18.4 Å². The van der Waals surface area contributed by atoms with E-state index in [1.807, 2.05) is 31.4 Å². The molecule has 1 fully saturated rings. The molecule has 144 valence electrons. The topological polar surface area (TPSA) is 76.6 Å².